The number of nitrogens with zero attached hydrogens (tertiary/aromatic N) is 5. The number of aryl methyl sites for hydroxylation is 2. The van der Waals surface area contributed by atoms with Crippen LogP contribution in [0.4, 0.5) is 0 Å². The van der Waals surface area contributed by atoms with E-state index in [1.165, 1.54) is 30.5 Å². The van der Waals surface area contributed by atoms with E-state index in [2.05, 4.69) is 63.8 Å². The van der Waals surface area contributed by atoms with Gasteiger partial charge in [-0.1, -0.05) is 38.1 Å². The predicted molar refractivity (Wildman–Crippen MR) is 118 cm³/mol. The summed E-state index contributed by atoms with van der Waals surface area (Å²) in [7, 11) is 1.99. The zero-order valence-corrected chi connectivity index (χ0v) is 18.3. The van der Waals surface area contributed by atoms with E-state index in [1.54, 1.807) is 0 Å². The molecule has 1 fully saturated rings. The van der Waals surface area contributed by atoms with E-state index < -0.39 is 0 Å². The second-order valence-electron chi connectivity index (χ2n) is 7.67. The van der Waals surface area contributed by atoms with Crippen molar-refractivity contribution < 1.29 is 0 Å². The Morgan fingerprint density at radius 3 is 2.66 bits per heavy atom. The van der Waals surface area contributed by atoms with Gasteiger partial charge in [0.1, 0.15) is 5.82 Å². The number of guanidine groups is 1. The van der Waals surface area contributed by atoms with Crippen LogP contribution in [0.25, 0.3) is 0 Å². The van der Waals surface area contributed by atoms with Gasteiger partial charge in [0.15, 0.2) is 11.8 Å². The number of benzene rings is 1. The summed E-state index contributed by atoms with van der Waals surface area (Å²) in [4.78, 5) is 7.43. The van der Waals surface area contributed by atoms with Crippen molar-refractivity contribution in [3.8, 4) is 0 Å². The molecular formula is C22H35N7. The van der Waals surface area contributed by atoms with Crippen LogP contribution < -0.4 is 10.6 Å². The summed E-state index contributed by atoms with van der Waals surface area (Å²) in [6.07, 6.45) is 3.55. The van der Waals surface area contributed by atoms with Gasteiger partial charge in [0.2, 0.25) is 0 Å². The Kier molecular flexibility index (Phi) is 7.63. The smallest absolute Gasteiger partial charge is 0.192 e. The first-order valence-corrected chi connectivity index (χ1v) is 10.8. The third-order valence-corrected chi connectivity index (χ3v) is 5.91. The van der Waals surface area contributed by atoms with Gasteiger partial charge in [-0.3, -0.25) is 4.90 Å². The maximum absolute atomic E-state index is 4.88. The van der Waals surface area contributed by atoms with E-state index in [1.807, 2.05) is 18.5 Å². The van der Waals surface area contributed by atoms with Gasteiger partial charge < -0.3 is 15.2 Å². The molecule has 158 valence electrons. The van der Waals surface area contributed by atoms with E-state index in [9.17, 15) is 0 Å². The number of rotatable bonds is 8. The number of likely N-dealkylation sites (N-methyl/N-ethyl adjacent to an activating group) is 1. The highest BCUT2D eigenvalue weighted by Gasteiger charge is 2.22. The van der Waals surface area contributed by atoms with Gasteiger partial charge in [-0.2, -0.15) is 0 Å². The monoisotopic (exact) mass is 397 g/mol. The second kappa shape index (κ2) is 10.4. The predicted octanol–water partition coefficient (Wildman–Crippen LogP) is 2.41. The minimum Gasteiger partial charge on any atom is -0.355 e. The normalized spacial score (nSPS) is 17.7. The lowest BCUT2D eigenvalue weighted by atomic mass is 10.1. The fraction of sp³-hybridized carbons (Fsp3) is 0.591. The van der Waals surface area contributed by atoms with Crippen molar-refractivity contribution >= 4 is 5.96 Å². The number of likely N-dealkylation sites (tertiary alicyclic amines) is 1. The fourth-order valence-electron chi connectivity index (χ4n) is 3.92. The summed E-state index contributed by atoms with van der Waals surface area (Å²) in [5.74, 6) is 2.65. The molecule has 0 radical (unpaired) electrons. The average molecular weight is 398 g/mol. The van der Waals surface area contributed by atoms with Gasteiger partial charge in [0, 0.05) is 19.6 Å². The molecule has 2 aromatic rings. The first-order chi connectivity index (χ1) is 14.1. The maximum atomic E-state index is 4.88. The molecule has 1 aliphatic rings. The Morgan fingerprint density at radius 1 is 1.17 bits per heavy atom. The van der Waals surface area contributed by atoms with Crippen molar-refractivity contribution in [3.05, 3.63) is 47.0 Å². The highest BCUT2D eigenvalue weighted by Crippen LogP contribution is 2.15. The van der Waals surface area contributed by atoms with E-state index in [4.69, 9.17) is 4.99 Å². The quantitative estimate of drug-likeness (QED) is 0.529. The maximum Gasteiger partial charge on any atom is 0.192 e. The fourth-order valence-corrected chi connectivity index (χ4v) is 3.92. The van der Waals surface area contributed by atoms with Crippen LogP contribution in [0.15, 0.2) is 29.3 Å². The van der Waals surface area contributed by atoms with Crippen molar-refractivity contribution in [1.82, 2.24) is 30.3 Å². The third-order valence-electron chi connectivity index (χ3n) is 5.91. The molecule has 0 amide bonds. The molecule has 2 heterocycles. The minimum atomic E-state index is 0.576. The average Bonchev–Trinajstić information content (AvgIpc) is 3.34. The van der Waals surface area contributed by atoms with Crippen molar-refractivity contribution in [2.75, 3.05) is 19.6 Å². The number of aliphatic imine (C=N–C) groups is 1. The molecule has 1 aromatic heterocycles. The Balaban J connectivity index is 1.68. The van der Waals surface area contributed by atoms with Crippen molar-refractivity contribution in [1.29, 1.82) is 0 Å². The molecule has 0 spiro atoms. The van der Waals surface area contributed by atoms with Gasteiger partial charge >= 0.3 is 0 Å². The van der Waals surface area contributed by atoms with E-state index in [0.717, 1.165) is 37.1 Å². The molecule has 7 heteroatoms. The Bertz CT molecular complexity index is 811. The number of nitrogens with one attached hydrogen (secondary N) is 2. The number of aromatic nitrogens is 3. The molecule has 1 aliphatic heterocycles. The summed E-state index contributed by atoms with van der Waals surface area (Å²) >= 11 is 0. The van der Waals surface area contributed by atoms with E-state index >= 15 is 0 Å². The SMILES string of the molecule is CCc1ccccc1CN=C(NCc1nnc(C)n1C)NCC1CCCN1CC. The van der Waals surface area contributed by atoms with Crippen LogP contribution in [0.1, 0.15) is 49.5 Å². The first-order valence-electron chi connectivity index (χ1n) is 10.8. The van der Waals surface area contributed by atoms with Crippen molar-refractivity contribution in [2.24, 2.45) is 12.0 Å². The van der Waals surface area contributed by atoms with Gasteiger partial charge in [-0.05, 0) is 50.4 Å². The zero-order valence-electron chi connectivity index (χ0n) is 18.3. The second-order valence-corrected chi connectivity index (χ2v) is 7.67. The summed E-state index contributed by atoms with van der Waals surface area (Å²) in [5, 5.41) is 15.4. The molecule has 1 aromatic carbocycles. The Morgan fingerprint density at radius 2 is 1.97 bits per heavy atom. The molecule has 2 N–H and O–H groups in total. The summed E-state index contributed by atoms with van der Waals surface area (Å²) in [6.45, 7) is 10.9. The molecule has 0 aliphatic carbocycles. The minimum absolute atomic E-state index is 0.576. The van der Waals surface area contributed by atoms with Gasteiger partial charge in [-0.15, -0.1) is 10.2 Å². The summed E-state index contributed by atoms with van der Waals surface area (Å²) < 4.78 is 2.01. The van der Waals surface area contributed by atoms with Crippen LogP contribution in [0.5, 0.6) is 0 Å². The summed E-state index contributed by atoms with van der Waals surface area (Å²) in [6, 6.07) is 9.11. The van der Waals surface area contributed by atoms with Gasteiger partial charge in [0.25, 0.3) is 0 Å². The van der Waals surface area contributed by atoms with E-state index in [-0.39, 0.29) is 0 Å². The molecule has 7 nitrogen and oxygen atoms in total. The number of hydrogen-bond donors (Lipinski definition) is 2. The lowest BCUT2D eigenvalue weighted by Crippen LogP contribution is -2.44. The number of hydrogen-bond acceptors (Lipinski definition) is 4. The molecule has 0 saturated carbocycles. The molecule has 1 atom stereocenters. The van der Waals surface area contributed by atoms with Gasteiger partial charge in [-0.25, -0.2) is 4.99 Å². The van der Waals surface area contributed by atoms with Crippen LogP contribution in [0.3, 0.4) is 0 Å². The topological polar surface area (TPSA) is 70.4 Å². The Hall–Kier alpha value is -2.41. The standard InChI is InChI=1S/C22H35N7/c1-5-18-10-7-8-11-19(18)14-23-22(24-15-20-12-9-13-29(20)6-2)25-16-21-27-26-17(3)28(21)4/h7-8,10-11,20H,5-6,9,12-16H2,1-4H3,(H2,23,24,25). The lowest BCUT2D eigenvalue weighted by molar-refractivity contribution is 0.267. The van der Waals surface area contributed by atoms with Crippen LogP contribution in [-0.4, -0.2) is 51.3 Å². The molecule has 1 saturated heterocycles. The summed E-state index contributed by atoms with van der Waals surface area (Å²) in [5.41, 5.74) is 2.63. The molecule has 29 heavy (non-hydrogen) atoms. The first kappa shape index (κ1) is 21.3. The third kappa shape index (κ3) is 5.56. The van der Waals surface area contributed by atoms with Crippen LogP contribution in [0.2, 0.25) is 0 Å². The lowest BCUT2D eigenvalue weighted by Gasteiger charge is -2.24. The molecule has 3 rings (SSSR count). The van der Waals surface area contributed by atoms with Gasteiger partial charge in [0.05, 0.1) is 13.1 Å². The largest absolute Gasteiger partial charge is 0.355 e. The van der Waals surface area contributed by atoms with Crippen molar-refractivity contribution in [3.63, 3.8) is 0 Å². The van der Waals surface area contributed by atoms with Crippen LogP contribution in [0, 0.1) is 6.92 Å². The van der Waals surface area contributed by atoms with Crippen LogP contribution >= 0.6 is 0 Å². The zero-order chi connectivity index (χ0) is 20.6. The Labute approximate surface area is 174 Å². The van der Waals surface area contributed by atoms with E-state index in [0.29, 0.717) is 19.1 Å². The van der Waals surface area contributed by atoms with Crippen molar-refractivity contribution in [2.45, 2.75) is 59.2 Å². The molecular weight excluding hydrogens is 362 g/mol. The van der Waals surface area contributed by atoms with Crippen LogP contribution in [-0.2, 0) is 26.6 Å². The molecule has 1 unspecified atom stereocenters. The highest BCUT2D eigenvalue weighted by molar-refractivity contribution is 5.79. The highest BCUT2D eigenvalue weighted by atomic mass is 15.3. The molecule has 0 bridgehead atoms.